The first-order chi connectivity index (χ1) is 13.7. The number of hydrogen-bond donors (Lipinski definition) is 3. The third kappa shape index (κ3) is 5.19. The van der Waals surface area contributed by atoms with Crippen LogP contribution in [0.2, 0.25) is 0 Å². The predicted octanol–water partition coefficient (Wildman–Crippen LogP) is 1.20. The van der Waals surface area contributed by atoms with Crippen LogP contribution in [0.15, 0.2) is 58.4 Å². The molecule has 0 saturated carbocycles. The van der Waals surface area contributed by atoms with Crippen LogP contribution in [-0.4, -0.2) is 33.7 Å². The zero-order valence-electron chi connectivity index (χ0n) is 15.8. The standard InChI is InChI=1S/C19H23N7O2/c1-20-19(23-12-17-24-13-25-26(17)2)22-10-14-5-3-6-15(9-14)18(27)21-11-16-7-4-8-28-16/h3-9,13H,10-12H2,1-2H3,(H,21,27)(H2,20,22,23). The van der Waals surface area contributed by atoms with Crippen LogP contribution in [0.4, 0.5) is 0 Å². The van der Waals surface area contributed by atoms with Gasteiger partial charge in [-0.2, -0.15) is 5.10 Å². The van der Waals surface area contributed by atoms with E-state index >= 15 is 0 Å². The monoisotopic (exact) mass is 381 g/mol. The lowest BCUT2D eigenvalue weighted by molar-refractivity contribution is 0.0948. The Bertz CT molecular complexity index is 931. The molecule has 3 aromatic rings. The molecule has 0 unspecified atom stereocenters. The van der Waals surface area contributed by atoms with Crippen molar-refractivity contribution in [2.24, 2.45) is 12.0 Å². The summed E-state index contributed by atoms with van der Waals surface area (Å²) in [5.74, 6) is 2.00. The predicted molar refractivity (Wildman–Crippen MR) is 104 cm³/mol. The molecule has 2 aromatic heterocycles. The van der Waals surface area contributed by atoms with Crippen molar-refractivity contribution < 1.29 is 9.21 Å². The Morgan fingerprint density at radius 1 is 1.14 bits per heavy atom. The van der Waals surface area contributed by atoms with Gasteiger partial charge >= 0.3 is 0 Å². The second-order valence-electron chi connectivity index (χ2n) is 6.04. The van der Waals surface area contributed by atoms with Crippen molar-refractivity contribution in [3.05, 3.63) is 71.7 Å². The summed E-state index contributed by atoms with van der Waals surface area (Å²) in [4.78, 5) is 20.7. The van der Waals surface area contributed by atoms with E-state index in [2.05, 4.69) is 31.0 Å². The molecule has 0 atom stereocenters. The van der Waals surface area contributed by atoms with Crippen LogP contribution in [0.5, 0.6) is 0 Å². The van der Waals surface area contributed by atoms with Crippen molar-refractivity contribution in [1.82, 2.24) is 30.7 Å². The van der Waals surface area contributed by atoms with E-state index in [1.807, 2.05) is 31.3 Å². The Kier molecular flexibility index (Phi) is 6.40. The Hall–Kier alpha value is -3.62. The maximum Gasteiger partial charge on any atom is 0.251 e. The first-order valence-corrected chi connectivity index (χ1v) is 8.82. The molecule has 3 rings (SSSR count). The van der Waals surface area contributed by atoms with Crippen molar-refractivity contribution in [1.29, 1.82) is 0 Å². The van der Waals surface area contributed by atoms with Gasteiger partial charge in [0.25, 0.3) is 5.91 Å². The summed E-state index contributed by atoms with van der Waals surface area (Å²) >= 11 is 0. The highest BCUT2D eigenvalue weighted by Gasteiger charge is 2.08. The fourth-order valence-corrected chi connectivity index (χ4v) is 2.55. The number of aryl methyl sites for hydroxylation is 1. The van der Waals surface area contributed by atoms with Crippen LogP contribution in [-0.2, 0) is 26.7 Å². The normalized spacial score (nSPS) is 11.3. The Labute approximate surface area is 162 Å². The molecule has 0 saturated heterocycles. The quantitative estimate of drug-likeness (QED) is 0.419. The average Bonchev–Trinajstić information content (AvgIpc) is 3.38. The van der Waals surface area contributed by atoms with Crippen LogP contribution in [0.25, 0.3) is 0 Å². The van der Waals surface area contributed by atoms with Crippen LogP contribution in [0, 0.1) is 0 Å². The molecule has 0 fully saturated rings. The largest absolute Gasteiger partial charge is 0.467 e. The maximum atomic E-state index is 12.3. The lowest BCUT2D eigenvalue weighted by Crippen LogP contribution is -2.37. The number of carbonyl (C=O) groups excluding carboxylic acids is 1. The summed E-state index contributed by atoms with van der Waals surface area (Å²) in [5, 5.41) is 13.3. The van der Waals surface area contributed by atoms with Crippen LogP contribution < -0.4 is 16.0 Å². The van der Waals surface area contributed by atoms with Crippen molar-refractivity contribution in [3.8, 4) is 0 Å². The number of furan rings is 1. The number of nitrogens with zero attached hydrogens (tertiary/aromatic N) is 4. The van der Waals surface area contributed by atoms with E-state index in [0.717, 1.165) is 11.4 Å². The molecule has 0 radical (unpaired) electrons. The van der Waals surface area contributed by atoms with Gasteiger partial charge in [-0.25, -0.2) is 4.98 Å². The third-order valence-electron chi connectivity index (χ3n) is 4.10. The molecule has 2 heterocycles. The summed E-state index contributed by atoms with van der Waals surface area (Å²) in [6, 6.07) is 11.0. The van der Waals surface area contributed by atoms with Crippen molar-refractivity contribution >= 4 is 11.9 Å². The van der Waals surface area contributed by atoms with Gasteiger partial charge in [0, 0.05) is 26.2 Å². The smallest absolute Gasteiger partial charge is 0.251 e. The molecule has 0 spiro atoms. The van der Waals surface area contributed by atoms with Crippen molar-refractivity contribution in [2.75, 3.05) is 7.05 Å². The van der Waals surface area contributed by atoms with E-state index in [1.165, 1.54) is 6.33 Å². The fourth-order valence-electron chi connectivity index (χ4n) is 2.55. The van der Waals surface area contributed by atoms with Crippen LogP contribution >= 0.6 is 0 Å². The van der Waals surface area contributed by atoms with E-state index < -0.39 is 0 Å². The minimum atomic E-state index is -0.150. The number of guanidine groups is 1. The molecule has 9 nitrogen and oxygen atoms in total. The van der Waals surface area contributed by atoms with Gasteiger partial charge in [0.1, 0.15) is 17.9 Å². The highest BCUT2D eigenvalue weighted by molar-refractivity contribution is 5.94. The van der Waals surface area contributed by atoms with Gasteiger partial charge in [-0.15, -0.1) is 0 Å². The van der Waals surface area contributed by atoms with Crippen LogP contribution in [0.1, 0.15) is 27.5 Å². The highest BCUT2D eigenvalue weighted by Crippen LogP contribution is 2.06. The van der Waals surface area contributed by atoms with E-state index in [9.17, 15) is 4.79 Å². The maximum absolute atomic E-state index is 12.3. The lowest BCUT2D eigenvalue weighted by atomic mass is 10.1. The molecule has 28 heavy (non-hydrogen) atoms. The van der Waals surface area contributed by atoms with Crippen LogP contribution in [0.3, 0.4) is 0 Å². The summed E-state index contributed by atoms with van der Waals surface area (Å²) < 4.78 is 6.92. The SMILES string of the molecule is CN=C(NCc1cccc(C(=O)NCc2ccco2)c1)NCc1ncnn1C. The van der Waals surface area contributed by atoms with Gasteiger partial charge in [0.15, 0.2) is 5.96 Å². The van der Waals surface area contributed by atoms with Gasteiger partial charge in [-0.05, 0) is 29.8 Å². The number of carbonyl (C=O) groups is 1. The molecular formula is C19H23N7O2. The Balaban J connectivity index is 1.51. The van der Waals surface area contributed by atoms with Gasteiger partial charge in [-0.3, -0.25) is 14.5 Å². The fraction of sp³-hybridized carbons (Fsp3) is 0.263. The van der Waals surface area contributed by atoms with Gasteiger partial charge in [-0.1, -0.05) is 12.1 Å². The first kappa shape index (κ1) is 19.2. The number of amides is 1. The molecule has 9 heteroatoms. The van der Waals surface area contributed by atoms with Gasteiger partial charge < -0.3 is 20.4 Å². The molecule has 0 aliphatic rings. The molecule has 1 amide bonds. The molecule has 1 aromatic carbocycles. The summed E-state index contributed by atoms with van der Waals surface area (Å²) in [5.41, 5.74) is 1.56. The van der Waals surface area contributed by atoms with E-state index in [1.54, 1.807) is 30.1 Å². The van der Waals surface area contributed by atoms with Crippen molar-refractivity contribution in [3.63, 3.8) is 0 Å². The number of rotatable bonds is 7. The van der Waals surface area contributed by atoms with E-state index in [4.69, 9.17) is 4.42 Å². The zero-order chi connectivity index (χ0) is 19.8. The average molecular weight is 381 g/mol. The Morgan fingerprint density at radius 2 is 2.00 bits per heavy atom. The minimum absolute atomic E-state index is 0.150. The summed E-state index contributed by atoms with van der Waals surface area (Å²) in [7, 11) is 3.53. The molecule has 0 bridgehead atoms. The molecule has 146 valence electrons. The molecule has 3 N–H and O–H groups in total. The lowest BCUT2D eigenvalue weighted by Gasteiger charge is -2.12. The zero-order valence-corrected chi connectivity index (χ0v) is 15.8. The number of aliphatic imine (C=N–C) groups is 1. The summed E-state index contributed by atoms with van der Waals surface area (Å²) in [6.07, 6.45) is 3.09. The number of nitrogens with one attached hydrogen (secondary N) is 3. The highest BCUT2D eigenvalue weighted by atomic mass is 16.3. The number of aromatic nitrogens is 3. The molecule has 0 aliphatic carbocycles. The minimum Gasteiger partial charge on any atom is -0.467 e. The van der Waals surface area contributed by atoms with E-state index in [-0.39, 0.29) is 5.91 Å². The van der Waals surface area contributed by atoms with Gasteiger partial charge in [0.05, 0.1) is 19.4 Å². The van der Waals surface area contributed by atoms with E-state index in [0.29, 0.717) is 36.9 Å². The summed E-state index contributed by atoms with van der Waals surface area (Å²) in [6.45, 7) is 1.39. The first-order valence-electron chi connectivity index (χ1n) is 8.82. The topological polar surface area (TPSA) is 109 Å². The number of benzene rings is 1. The molecular weight excluding hydrogens is 358 g/mol. The second-order valence-corrected chi connectivity index (χ2v) is 6.04. The number of hydrogen-bond acceptors (Lipinski definition) is 5. The second kappa shape index (κ2) is 9.36. The van der Waals surface area contributed by atoms with Gasteiger partial charge in [0.2, 0.25) is 0 Å². The molecule has 0 aliphatic heterocycles. The van der Waals surface area contributed by atoms with Crippen molar-refractivity contribution in [2.45, 2.75) is 19.6 Å². The third-order valence-corrected chi connectivity index (χ3v) is 4.10. The Morgan fingerprint density at radius 3 is 2.71 bits per heavy atom.